The summed E-state index contributed by atoms with van der Waals surface area (Å²) in [6, 6.07) is 11.3. The summed E-state index contributed by atoms with van der Waals surface area (Å²) in [5.41, 5.74) is 5.73. The van der Waals surface area contributed by atoms with Crippen molar-refractivity contribution in [3.63, 3.8) is 0 Å². The normalized spacial score (nSPS) is 27.0. The average molecular weight is 354 g/mol. The fraction of sp³-hybridized carbons (Fsp3) is 0.400. The van der Waals surface area contributed by atoms with E-state index in [4.69, 9.17) is 14.9 Å². The lowest BCUT2D eigenvalue weighted by molar-refractivity contribution is -0.175. The first kappa shape index (κ1) is 16.7. The molecule has 136 valence electrons. The van der Waals surface area contributed by atoms with Crippen LogP contribution in [0.25, 0.3) is 0 Å². The van der Waals surface area contributed by atoms with Gasteiger partial charge in [-0.25, -0.2) is 0 Å². The number of likely N-dealkylation sites (tertiary alicyclic amines) is 1. The van der Waals surface area contributed by atoms with Crippen molar-refractivity contribution in [1.29, 1.82) is 0 Å². The zero-order valence-electron chi connectivity index (χ0n) is 14.7. The molecular formula is C20H22N2O4. The van der Waals surface area contributed by atoms with Crippen molar-refractivity contribution >= 4 is 11.8 Å². The maximum absolute atomic E-state index is 13.1. The van der Waals surface area contributed by atoms with Crippen molar-refractivity contribution in [1.82, 2.24) is 4.90 Å². The van der Waals surface area contributed by atoms with Crippen LogP contribution in [-0.2, 0) is 16.0 Å². The number of nitrogens with zero attached hydrogens (tertiary/aromatic N) is 1. The first-order chi connectivity index (χ1) is 12.5. The molecule has 1 aromatic carbocycles. The third-order valence-electron chi connectivity index (χ3n) is 5.44. The van der Waals surface area contributed by atoms with Crippen LogP contribution in [-0.4, -0.2) is 29.0 Å². The van der Waals surface area contributed by atoms with E-state index in [9.17, 15) is 9.59 Å². The molecular weight excluding hydrogens is 332 g/mol. The van der Waals surface area contributed by atoms with Gasteiger partial charge in [0.2, 0.25) is 11.8 Å². The number of benzene rings is 1. The zero-order chi connectivity index (χ0) is 18.3. The molecule has 2 aliphatic heterocycles. The molecule has 1 aromatic heterocycles. The molecule has 1 saturated heterocycles. The number of ether oxygens (including phenoxy) is 1. The molecule has 4 rings (SSSR count). The maximum atomic E-state index is 13.1. The van der Waals surface area contributed by atoms with Gasteiger partial charge >= 0.3 is 0 Å². The van der Waals surface area contributed by atoms with Crippen LogP contribution >= 0.6 is 0 Å². The van der Waals surface area contributed by atoms with Gasteiger partial charge in [0.15, 0.2) is 5.72 Å². The number of carbonyl (C=O) groups is 2. The number of nitrogens with two attached hydrogens (primary N) is 1. The molecule has 0 saturated carbocycles. The van der Waals surface area contributed by atoms with E-state index in [1.807, 2.05) is 43.3 Å². The number of amides is 2. The molecule has 2 bridgehead atoms. The molecule has 2 aliphatic rings. The van der Waals surface area contributed by atoms with Gasteiger partial charge in [-0.2, -0.15) is 0 Å². The van der Waals surface area contributed by atoms with Gasteiger partial charge < -0.3 is 19.8 Å². The maximum Gasteiger partial charge on any atom is 0.238 e. The van der Waals surface area contributed by atoms with Crippen LogP contribution in [0.2, 0.25) is 0 Å². The fourth-order valence-corrected chi connectivity index (χ4v) is 4.25. The van der Waals surface area contributed by atoms with Gasteiger partial charge in [0.1, 0.15) is 17.4 Å². The molecule has 2 amide bonds. The van der Waals surface area contributed by atoms with E-state index in [0.717, 1.165) is 23.5 Å². The molecule has 1 fully saturated rings. The third-order valence-corrected chi connectivity index (χ3v) is 5.44. The second kappa shape index (κ2) is 6.20. The minimum Gasteiger partial charge on any atom is -0.469 e. The zero-order valence-corrected chi connectivity index (χ0v) is 14.7. The Labute approximate surface area is 151 Å². The number of primary amides is 1. The molecule has 6 nitrogen and oxygen atoms in total. The van der Waals surface area contributed by atoms with Gasteiger partial charge in [-0.1, -0.05) is 18.2 Å². The van der Waals surface area contributed by atoms with Crippen molar-refractivity contribution in [2.24, 2.45) is 11.7 Å². The molecule has 0 radical (unpaired) electrons. The first-order valence-electron chi connectivity index (χ1n) is 8.91. The number of furan rings is 1. The number of aryl methyl sites for hydroxylation is 1. The number of rotatable bonds is 5. The molecule has 26 heavy (non-hydrogen) atoms. The number of fused-ring (bicyclic) bond motifs is 4. The predicted octanol–water partition coefficient (Wildman–Crippen LogP) is 2.44. The highest BCUT2D eigenvalue weighted by Gasteiger charge is 2.55. The molecule has 0 unspecified atom stereocenters. The molecule has 0 aliphatic carbocycles. The Morgan fingerprint density at radius 1 is 1.31 bits per heavy atom. The van der Waals surface area contributed by atoms with E-state index in [1.165, 1.54) is 0 Å². The number of para-hydroxylation sites is 1. The summed E-state index contributed by atoms with van der Waals surface area (Å²) in [4.78, 5) is 26.9. The monoisotopic (exact) mass is 354 g/mol. The summed E-state index contributed by atoms with van der Waals surface area (Å²) in [6.07, 6.45) is 3.63. The first-order valence-corrected chi connectivity index (χ1v) is 8.91. The van der Waals surface area contributed by atoms with Crippen LogP contribution in [0, 0.1) is 5.92 Å². The van der Waals surface area contributed by atoms with Gasteiger partial charge in [-0.15, -0.1) is 0 Å². The van der Waals surface area contributed by atoms with Crippen LogP contribution in [0.5, 0.6) is 5.75 Å². The van der Waals surface area contributed by atoms with Crippen LogP contribution < -0.4 is 10.5 Å². The molecule has 2 aromatic rings. The number of piperidine rings is 1. The Morgan fingerprint density at radius 3 is 2.85 bits per heavy atom. The van der Waals surface area contributed by atoms with Gasteiger partial charge in [0.25, 0.3) is 0 Å². The average Bonchev–Trinajstić information content (AvgIpc) is 3.10. The topological polar surface area (TPSA) is 85.8 Å². The summed E-state index contributed by atoms with van der Waals surface area (Å²) >= 11 is 0. The largest absolute Gasteiger partial charge is 0.469 e. The Kier molecular flexibility index (Phi) is 3.98. The Balaban J connectivity index is 1.63. The lowest BCUT2D eigenvalue weighted by Gasteiger charge is -2.52. The SMILES string of the molecule is C[C@@]12C[C@@H](c3ccccc3O1)[C@H](C(N)=O)C(=O)N2CCCc1ccco1. The Hall–Kier alpha value is -2.76. The van der Waals surface area contributed by atoms with Crippen molar-refractivity contribution in [2.75, 3.05) is 6.54 Å². The van der Waals surface area contributed by atoms with Gasteiger partial charge in [0, 0.05) is 25.3 Å². The van der Waals surface area contributed by atoms with Crippen LogP contribution in [0.4, 0.5) is 0 Å². The molecule has 0 spiro atoms. The van der Waals surface area contributed by atoms with Gasteiger partial charge in [0.05, 0.1) is 6.26 Å². The summed E-state index contributed by atoms with van der Waals surface area (Å²) in [5, 5.41) is 0. The van der Waals surface area contributed by atoms with E-state index in [-0.39, 0.29) is 11.8 Å². The smallest absolute Gasteiger partial charge is 0.238 e. The minimum atomic E-state index is -0.850. The highest BCUT2D eigenvalue weighted by atomic mass is 16.5. The highest BCUT2D eigenvalue weighted by molar-refractivity contribution is 6.01. The number of hydrogen-bond acceptors (Lipinski definition) is 4. The standard InChI is InChI=1S/C20H22N2O4/c1-20-12-15(14-8-2-3-9-16(14)26-20)17(18(21)23)19(24)22(20)10-4-6-13-7-5-11-25-13/h2-3,5,7-9,11,15,17H,4,6,10,12H2,1H3,(H2,21,23)/t15-,17+,20-/m0/s1. The molecule has 3 heterocycles. The lowest BCUT2D eigenvalue weighted by atomic mass is 9.73. The highest BCUT2D eigenvalue weighted by Crippen LogP contribution is 2.49. The predicted molar refractivity (Wildman–Crippen MR) is 94.3 cm³/mol. The van der Waals surface area contributed by atoms with E-state index < -0.39 is 17.6 Å². The lowest BCUT2D eigenvalue weighted by Crippen LogP contribution is -2.64. The van der Waals surface area contributed by atoms with Crippen molar-refractivity contribution < 1.29 is 18.7 Å². The van der Waals surface area contributed by atoms with Crippen molar-refractivity contribution in [3.8, 4) is 5.75 Å². The van der Waals surface area contributed by atoms with Crippen LogP contribution in [0.15, 0.2) is 47.1 Å². The van der Waals surface area contributed by atoms with Crippen molar-refractivity contribution in [2.45, 2.75) is 37.8 Å². The minimum absolute atomic E-state index is 0.240. The molecule has 6 heteroatoms. The third kappa shape index (κ3) is 2.66. The van der Waals surface area contributed by atoms with Crippen molar-refractivity contribution in [3.05, 3.63) is 54.0 Å². The van der Waals surface area contributed by atoms with Gasteiger partial charge in [-0.3, -0.25) is 9.59 Å². The summed E-state index contributed by atoms with van der Waals surface area (Å²) < 4.78 is 11.6. The van der Waals surface area contributed by atoms with E-state index in [2.05, 4.69) is 0 Å². The van der Waals surface area contributed by atoms with Crippen LogP contribution in [0.1, 0.15) is 37.0 Å². The van der Waals surface area contributed by atoms with Crippen LogP contribution in [0.3, 0.4) is 0 Å². The number of hydrogen-bond donors (Lipinski definition) is 1. The number of carbonyl (C=O) groups excluding carboxylic acids is 2. The Bertz CT molecular complexity index is 832. The summed E-state index contributed by atoms with van der Waals surface area (Å²) in [5.74, 6) is -0.312. The summed E-state index contributed by atoms with van der Waals surface area (Å²) in [6.45, 7) is 2.40. The van der Waals surface area contributed by atoms with E-state index in [0.29, 0.717) is 19.4 Å². The fourth-order valence-electron chi connectivity index (χ4n) is 4.25. The second-order valence-electron chi connectivity index (χ2n) is 7.18. The quantitative estimate of drug-likeness (QED) is 0.836. The van der Waals surface area contributed by atoms with Gasteiger partial charge in [-0.05, 0) is 37.1 Å². The summed E-state index contributed by atoms with van der Waals surface area (Å²) in [7, 11) is 0. The van der Waals surface area contributed by atoms with E-state index >= 15 is 0 Å². The molecule has 3 atom stereocenters. The molecule has 2 N–H and O–H groups in total. The van der Waals surface area contributed by atoms with E-state index in [1.54, 1.807) is 11.2 Å². The Morgan fingerprint density at radius 2 is 2.12 bits per heavy atom. The second-order valence-corrected chi connectivity index (χ2v) is 7.18.